The Hall–Kier alpha value is -2.34. The number of rotatable bonds is 6. The number of hydrogen-bond acceptors (Lipinski definition) is 4. The van der Waals surface area contributed by atoms with Crippen LogP contribution in [0.4, 0.5) is 5.82 Å². The maximum atomic E-state index is 5.39. The zero-order chi connectivity index (χ0) is 16.7. The van der Waals surface area contributed by atoms with Gasteiger partial charge in [-0.2, -0.15) is 0 Å². The van der Waals surface area contributed by atoms with Crippen LogP contribution in [0.2, 0.25) is 0 Å². The van der Waals surface area contributed by atoms with E-state index < -0.39 is 0 Å². The van der Waals surface area contributed by atoms with Gasteiger partial charge in [-0.15, -0.1) is 0 Å². The van der Waals surface area contributed by atoms with E-state index in [1.54, 1.807) is 20.4 Å². The van der Waals surface area contributed by atoms with Crippen molar-refractivity contribution in [1.82, 2.24) is 10.3 Å². The molecular formula is C17H21N3O2S. The Morgan fingerprint density at radius 3 is 2.52 bits per heavy atom. The molecule has 0 aliphatic rings. The minimum absolute atomic E-state index is 0.107. The molecule has 0 aliphatic heterocycles. The highest BCUT2D eigenvalue weighted by molar-refractivity contribution is 7.80. The molecule has 1 atom stereocenters. The molecule has 0 bridgehead atoms. The molecule has 1 aromatic carbocycles. The molecule has 2 N–H and O–H groups in total. The van der Waals surface area contributed by atoms with Crippen molar-refractivity contribution in [2.45, 2.75) is 19.4 Å². The minimum atomic E-state index is 0.107. The first-order valence-corrected chi connectivity index (χ1v) is 7.79. The van der Waals surface area contributed by atoms with Crippen molar-refractivity contribution in [2.75, 3.05) is 19.5 Å². The number of aromatic nitrogens is 1. The molecule has 1 unspecified atom stereocenters. The van der Waals surface area contributed by atoms with Crippen LogP contribution in [-0.4, -0.2) is 24.3 Å². The summed E-state index contributed by atoms with van der Waals surface area (Å²) in [6.45, 7) is 2.10. The summed E-state index contributed by atoms with van der Waals surface area (Å²) in [6.07, 6.45) is 2.59. The topological polar surface area (TPSA) is 55.4 Å². The summed E-state index contributed by atoms with van der Waals surface area (Å²) in [5.41, 5.74) is 1.14. The molecule has 0 amide bonds. The van der Waals surface area contributed by atoms with E-state index in [0.717, 1.165) is 17.7 Å². The van der Waals surface area contributed by atoms with Gasteiger partial charge in [0.25, 0.3) is 0 Å². The van der Waals surface area contributed by atoms with E-state index in [2.05, 4.69) is 22.5 Å². The second-order valence-electron chi connectivity index (χ2n) is 4.89. The van der Waals surface area contributed by atoms with Crippen molar-refractivity contribution in [3.63, 3.8) is 0 Å². The number of methoxy groups -OCH3 is 2. The van der Waals surface area contributed by atoms with Crippen LogP contribution in [0.3, 0.4) is 0 Å². The lowest BCUT2D eigenvalue weighted by molar-refractivity contribution is 0.414. The Morgan fingerprint density at radius 1 is 1.17 bits per heavy atom. The van der Waals surface area contributed by atoms with E-state index in [1.165, 1.54) is 0 Å². The van der Waals surface area contributed by atoms with Gasteiger partial charge in [0, 0.05) is 6.20 Å². The van der Waals surface area contributed by atoms with Gasteiger partial charge in [0.15, 0.2) is 16.7 Å². The Kier molecular flexibility index (Phi) is 6.17. The number of hydrogen-bond donors (Lipinski definition) is 2. The van der Waals surface area contributed by atoms with Crippen LogP contribution >= 0.6 is 12.2 Å². The third-order valence-corrected chi connectivity index (χ3v) is 3.67. The van der Waals surface area contributed by atoms with Crippen molar-refractivity contribution < 1.29 is 9.47 Å². The molecule has 2 rings (SSSR count). The van der Waals surface area contributed by atoms with Gasteiger partial charge in [-0.25, -0.2) is 4.98 Å². The van der Waals surface area contributed by atoms with Gasteiger partial charge in [-0.1, -0.05) is 19.1 Å². The van der Waals surface area contributed by atoms with Gasteiger partial charge in [0.2, 0.25) is 0 Å². The highest BCUT2D eigenvalue weighted by Gasteiger charge is 2.12. The quantitative estimate of drug-likeness (QED) is 0.790. The molecule has 0 saturated heterocycles. The van der Waals surface area contributed by atoms with Crippen LogP contribution in [0.5, 0.6) is 11.5 Å². The number of anilines is 1. The summed E-state index contributed by atoms with van der Waals surface area (Å²) in [7, 11) is 3.26. The van der Waals surface area contributed by atoms with E-state index in [0.29, 0.717) is 16.7 Å². The molecule has 1 heterocycles. The summed E-state index contributed by atoms with van der Waals surface area (Å²) in [4.78, 5) is 4.24. The maximum absolute atomic E-state index is 5.39. The van der Waals surface area contributed by atoms with Crippen molar-refractivity contribution in [3.8, 4) is 11.5 Å². The minimum Gasteiger partial charge on any atom is -0.497 e. The lowest BCUT2D eigenvalue weighted by Gasteiger charge is -2.20. The molecule has 0 saturated carbocycles. The van der Waals surface area contributed by atoms with Gasteiger partial charge in [-0.3, -0.25) is 0 Å². The molecule has 1 aromatic heterocycles. The van der Waals surface area contributed by atoms with Crippen LogP contribution in [-0.2, 0) is 0 Å². The van der Waals surface area contributed by atoms with Gasteiger partial charge >= 0.3 is 0 Å². The number of thiocarbonyl (C=S) groups is 1. The molecule has 0 radical (unpaired) electrons. The highest BCUT2D eigenvalue weighted by Crippen LogP contribution is 2.22. The van der Waals surface area contributed by atoms with E-state index >= 15 is 0 Å². The lowest BCUT2D eigenvalue weighted by Crippen LogP contribution is -2.32. The maximum Gasteiger partial charge on any atom is 0.174 e. The fourth-order valence-corrected chi connectivity index (χ4v) is 2.45. The van der Waals surface area contributed by atoms with Crippen molar-refractivity contribution in [3.05, 3.63) is 48.2 Å². The summed E-state index contributed by atoms with van der Waals surface area (Å²) in [6, 6.07) is 11.7. The summed E-state index contributed by atoms with van der Waals surface area (Å²) in [5.74, 6) is 2.08. The predicted molar refractivity (Wildman–Crippen MR) is 96.2 cm³/mol. The van der Waals surface area contributed by atoms with Gasteiger partial charge in [0.05, 0.1) is 20.3 Å². The molecule has 0 aliphatic carbocycles. The molecule has 2 aromatic rings. The number of ether oxygens (including phenoxy) is 2. The molecule has 6 heteroatoms. The third kappa shape index (κ3) is 4.56. The number of nitrogens with one attached hydrogen (secondary N) is 2. The van der Waals surface area contributed by atoms with Gasteiger partial charge < -0.3 is 20.1 Å². The Morgan fingerprint density at radius 2 is 1.91 bits per heavy atom. The summed E-state index contributed by atoms with van der Waals surface area (Å²) >= 11 is 5.39. The first-order valence-electron chi connectivity index (χ1n) is 7.38. The lowest BCUT2D eigenvalue weighted by atomic mass is 10.0. The number of benzene rings is 1. The smallest absolute Gasteiger partial charge is 0.174 e. The average molecular weight is 331 g/mol. The van der Waals surface area contributed by atoms with E-state index in [-0.39, 0.29) is 6.04 Å². The standard InChI is InChI=1S/C17H21N3O2S/c1-4-14(12-7-9-13(21-2)10-8-12)19-17(23)20-16-15(22-3)6-5-11-18-16/h5-11,14H,4H2,1-3H3,(H2,18,19,20,23). The van der Waals surface area contributed by atoms with Crippen LogP contribution in [0.25, 0.3) is 0 Å². The van der Waals surface area contributed by atoms with E-state index in [1.807, 2.05) is 36.4 Å². The second kappa shape index (κ2) is 8.33. The molecular weight excluding hydrogens is 310 g/mol. The predicted octanol–water partition coefficient (Wildman–Crippen LogP) is 3.54. The number of nitrogens with zero attached hydrogens (tertiary/aromatic N) is 1. The Balaban J connectivity index is 2.04. The van der Waals surface area contributed by atoms with Crippen LogP contribution < -0.4 is 20.1 Å². The van der Waals surface area contributed by atoms with E-state index in [9.17, 15) is 0 Å². The van der Waals surface area contributed by atoms with Crippen LogP contribution in [0, 0.1) is 0 Å². The number of pyridine rings is 1. The van der Waals surface area contributed by atoms with Crippen LogP contribution in [0.15, 0.2) is 42.6 Å². The SMILES string of the molecule is CCC(NC(=S)Nc1ncccc1OC)c1ccc(OC)cc1. The Bertz CT molecular complexity index is 647. The van der Waals surface area contributed by atoms with Crippen molar-refractivity contribution in [1.29, 1.82) is 0 Å². The van der Waals surface area contributed by atoms with E-state index in [4.69, 9.17) is 21.7 Å². The average Bonchev–Trinajstić information content (AvgIpc) is 2.60. The van der Waals surface area contributed by atoms with Gasteiger partial charge in [-0.05, 0) is 48.5 Å². The van der Waals surface area contributed by atoms with Crippen LogP contribution in [0.1, 0.15) is 24.9 Å². The normalized spacial score (nSPS) is 11.4. The van der Waals surface area contributed by atoms with Gasteiger partial charge in [0.1, 0.15) is 5.75 Å². The fourth-order valence-electron chi connectivity index (χ4n) is 2.21. The highest BCUT2D eigenvalue weighted by atomic mass is 32.1. The molecule has 5 nitrogen and oxygen atoms in total. The fraction of sp³-hybridized carbons (Fsp3) is 0.294. The first kappa shape index (κ1) is 17.0. The largest absolute Gasteiger partial charge is 0.497 e. The first-order chi connectivity index (χ1) is 11.2. The Labute approximate surface area is 142 Å². The zero-order valence-corrected chi connectivity index (χ0v) is 14.3. The molecule has 0 fully saturated rings. The molecule has 0 spiro atoms. The molecule has 122 valence electrons. The summed E-state index contributed by atoms with van der Waals surface area (Å²) < 4.78 is 10.4. The summed E-state index contributed by atoms with van der Waals surface area (Å²) in [5, 5.41) is 6.89. The zero-order valence-electron chi connectivity index (χ0n) is 13.5. The van der Waals surface area contributed by atoms with Crippen molar-refractivity contribution >= 4 is 23.1 Å². The second-order valence-corrected chi connectivity index (χ2v) is 5.29. The third-order valence-electron chi connectivity index (χ3n) is 3.45. The van der Waals surface area contributed by atoms with Crippen molar-refractivity contribution in [2.24, 2.45) is 0 Å². The molecule has 23 heavy (non-hydrogen) atoms. The monoisotopic (exact) mass is 331 g/mol.